The van der Waals surface area contributed by atoms with Crippen LogP contribution in [0, 0.1) is 0 Å². The van der Waals surface area contributed by atoms with E-state index in [1.165, 1.54) is 0 Å². The maximum absolute atomic E-state index is 14.1. The number of hydrogen-bond acceptors (Lipinski definition) is 1. The number of benzene rings is 6. The van der Waals surface area contributed by atoms with Gasteiger partial charge in [-0.3, -0.25) is 0 Å². The molecule has 0 saturated heterocycles. The van der Waals surface area contributed by atoms with Crippen molar-refractivity contribution in [1.82, 2.24) is 0 Å². The average Bonchev–Trinajstić information content (AvgIpc) is 3.10. The zero-order chi connectivity index (χ0) is 29.0. The first-order chi connectivity index (χ1) is 21.3. The summed E-state index contributed by atoms with van der Waals surface area (Å²) in [6.45, 7) is 0. The van der Waals surface area contributed by atoms with Crippen LogP contribution in [0.25, 0.3) is 61.6 Å². The molecule has 6 aromatic carbocycles. The summed E-state index contributed by atoms with van der Waals surface area (Å²) in [4.78, 5) is 0. The highest BCUT2D eigenvalue weighted by atomic mass is 16.3. The Kier molecular flexibility index (Phi) is 8.13. The van der Waals surface area contributed by atoms with E-state index in [1.807, 2.05) is 91.0 Å². The Morgan fingerprint density at radius 3 is 1.02 bits per heavy atom. The fourth-order valence-electron chi connectivity index (χ4n) is 5.72. The lowest BCUT2D eigenvalue weighted by molar-refractivity contribution is -0.572. The second kappa shape index (κ2) is 12.6. The molecule has 0 atom stereocenters. The van der Waals surface area contributed by atoms with Crippen molar-refractivity contribution in [3.05, 3.63) is 176 Å². The first kappa shape index (κ1) is 28.4. The van der Waals surface area contributed by atoms with Crippen molar-refractivity contribution in [2.75, 3.05) is 0 Å². The summed E-state index contributed by atoms with van der Waals surface area (Å²) >= 11 is 0. The SMILES string of the molecule is O.[O-]c1c(-c2ccccc2)cc(-[n+]2c(-c3ccccc3)cc(-c3ccccc3)cc2-c2ccccc2)cc1-c1ccccc1. The van der Waals surface area contributed by atoms with E-state index in [0.29, 0.717) is 11.1 Å². The third kappa shape index (κ3) is 5.52. The van der Waals surface area contributed by atoms with Gasteiger partial charge in [0.25, 0.3) is 0 Å². The Bertz CT molecular complexity index is 1870. The molecule has 7 rings (SSSR count). The lowest BCUT2D eigenvalue weighted by Crippen LogP contribution is -2.36. The predicted octanol–water partition coefficient (Wildman–Crippen LogP) is 8.55. The van der Waals surface area contributed by atoms with Crippen LogP contribution >= 0.6 is 0 Å². The first-order valence-electron chi connectivity index (χ1n) is 14.5. The number of hydrogen-bond donors (Lipinski definition) is 0. The molecule has 3 nitrogen and oxygen atoms in total. The van der Waals surface area contributed by atoms with Gasteiger partial charge in [-0.1, -0.05) is 133 Å². The summed E-state index contributed by atoms with van der Waals surface area (Å²) < 4.78 is 2.30. The molecule has 2 N–H and O–H groups in total. The fourth-order valence-corrected chi connectivity index (χ4v) is 5.72. The van der Waals surface area contributed by atoms with Crippen LogP contribution < -0.4 is 9.67 Å². The van der Waals surface area contributed by atoms with Gasteiger partial charge in [0.05, 0.1) is 0 Å². The van der Waals surface area contributed by atoms with Crippen molar-refractivity contribution >= 4 is 0 Å². The summed E-state index contributed by atoms with van der Waals surface area (Å²) in [5, 5.41) is 14.1. The maximum Gasteiger partial charge on any atom is 0.219 e. The summed E-state index contributed by atoms with van der Waals surface area (Å²) in [5.74, 6) is 0.0187. The quantitative estimate of drug-likeness (QED) is 0.185. The number of pyridine rings is 1. The maximum atomic E-state index is 14.1. The molecule has 0 amide bonds. The molecule has 7 aromatic rings. The lowest BCUT2D eigenvalue weighted by Gasteiger charge is -2.21. The lowest BCUT2D eigenvalue weighted by atomic mass is 9.94. The topological polar surface area (TPSA) is 58.4 Å². The van der Waals surface area contributed by atoms with Crippen molar-refractivity contribution in [2.45, 2.75) is 0 Å². The van der Waals surface area contributed by atoms with Crippen LogP contribution in [0.2, 0.25) is 0 Å². The van der Waals surface area contributed by atoms with Gasteiger partial charge in [-0.05, 0) is 57.6 Å². The van der Waals surface area contributed by atoms with Crippen LogP contribution in [0.15, 0.2) is 176 Å². The molecule has 0 saturated carbocycles. The largest absolute Gasteiger partial charge is 0.872 e. The van der Waals surface area contributed by atoms with E-state index >= 15 is 0 Å². The highest BCUT2D eigenvalue weighted by Crippen LogP contribution is 2.39. The smallest absolute Gasteiger partial charge is 0.219 e. The second-order valence-corrected chi connectivity index (χ2v) is 10.6. The molecular weight excluding hydrogens is 538 g/mol. The molecule has 0 radical (unpaired) electrons. The molecule has 0 aliphatic rings. The Morgan fingerprint density at radius 2 is 0.659 bits per heavy atom. The van der Waals surface area contributed by atoms with E-state index in [-0.39, 0.29) is 11.2 Å². The standard InChI is InChI=1S/C41H29NO.H2O/c43-41-37(31-18-8-2-9-19-31)28-36(29-38(41)32-20-10-3-11-21-32)42-39(33-22-12-4-13-23-33)26-35(30-16-6-1-7-17-30)27-40(42)34-24-14-5-15-25-34;/h1-29H;1H2. The van der Waals surface area contributed by atoms with Crippen molar-refractivity contribution in [3.63, 3.8) is 0 Å². The third-order valence-corrected chi connectivity index (χ3v) is 7.81. The van der Waals surface area contributed by atoms with Gasteiger partial charge in [0, 0.05) is 35.4 Å². The van der Waals surface area contributed by atoms with Crippen molar-refractivity contribution in [3.8, 4) is 67.3 Å². The van der Waals surface area contributed by atoms with Gasteiger partial charge in [-0.15, -0.1) is 0 Å². The highest BCUT2D eigenvalue weighted by molar-refractivity contribution is 5.84. The van der Waals surface area contributed by atoms with Gasteiger partial charge < -0.3 is 10.6 Å². The van der Waals surface area contributed by atoms with Crippen LogP contribution in [0.1, 0.15) is 0 Å². The van der Waals surface area contributed by atoms with E-state index in [4.69, 9.17) is 0 Å². The Morgan fingerprint density at radius 1 is 0.341 bits per heavy atom. The summed E-state index contributed by atoms with van der Waals surface area (Å²) in [5.41, 5.74) is 10.6. The predicted molar refractivity (Wildman–Crippen MR) is 178 cm³/mol. The van der Waals surface area contributed by atoms with Gasteiger partial charge in [-0.2, -0.15) is 4.57 Å². The minimum absolute atomic E-state index is 0. The van der Waals surface area contributed by atoms with Crippen molar-refractivity contribution in [1.29, 1.82) is 0 Å². The summed E-state index contributed by atoms with van der Waals surface area (Å²) in [6.07, 6.45) is 0. The van der Waals surface area contributed by atoms with E-state index in [9.17, 15) is 5.11 Å². The number of aromatic nitrogens is 1. The molecule has 212 valence electrons. The normalized spacial score (nSPS) is 10.6. The van der Waals surface area contributed by atoms with Gasteiger partial charge >= 0.3 is 0 Å². The van der Waals surface area contributed by atoms with Crippen LogP contribution in [0.4, 0.5) is 0 Å². The molecule has 0 aliphatic carbocycles. The molecule has 44 heavy (non-hydrogen) atoms. The fraction of sp³-hybridized carbons (Fsp3) is 0. The zero-order valence-corrected chi connectivity index (χ0v) is 24.1. The van der Waals surface area contributed by atoms with Gasteiger partial charge in [0.1, 0.15) is 0 Å². The number of nitrogens with zero attached hydrogens (tertiary/aromatic N) is 1. The van der Waals surface area contributed by atoms with E-state index in [0.717, 1.165) is 50.5 Å². The summed E-state index contributed by atoms with van der Waals surface area (Å²) in [6, 6.07) is 60.0. The molecule has 0 fully saturated rings. The molecule has 0 bridgehead atoms. The Hall–Kier alpha value is -5.77. The van der Waals surface area contributed by atoms with Crippen LogP contribution in [0.3, 0.4) is 0 Å². The van der Waals surface area contributed by atoms with Crippen molar-refractivity contribution < 1.29 is 15.1 Å². The van der Waals surface area contributed by atoms with E-state index < -0.39 is 0 Å². The van der Waals surface area contributed by atoms with Crippen LogP contribution in [-0.4, -0.2) is 5.48 Å². The molecule has 0 unspecified atom stereocenters. The second-order valence-electron chi connectivity index (χ2n) is 10.6. The minimum Gasteiger partial charge on any atom is -0.872 e. The summed E-state index contributed by atoms with van der Waals surface area (Å²) in [7, 11) is 0. The molecule has 1 heterocycles. The molecule has 0 aliphatic heterocycles. The zero-order valence-electron chi connectivity index (χ0n) is 24.1. The van der Waals surface area contributed by atoms with E-state index in [1.54, 1.807) is 0 Å². The molecule has 0 spiro atoms. The van der Waals surface area contributed by atoms with Gasteiger partial charge in [-0.25, -0.2) is 0 Å². The van der Waals surface area contributed by atoms with E-state index in [2.05, 4.69) is 89.5 Å². The molecule has 3 heteroatoms. The van der Waals surface area contributed by atoms with Crippen molar-refractivity contribution in [2.24, 2.45) is 0 Å². The Balaban J connectivity index is 0.00000343. The third-order valence-electron chi connectivity index (χ3n) is 7.81. The minimum atomic E-state index is 0. The molecule has 1 aromatic heterocycles. The van der Waals surface area contributed by atoms with Gasteiger partial charge in [0.15, 0.2) is 0 Å². The van der Waals surface area contributed by atoms with Gasteiger partial charge in [0.2, 0.25) is 17.1 Å². The van der Waals surface area contributed by atoms with Crippen LogP contribution in [0.5, 0.6) is 5.75 Å². The number of rotatable bonds is 6. The monoisotopic (exact) mass is 569 g/mol. The van der Waals surface area contributed by atoms with Crippen LogP contribution in [-0.2, 0) is 0 Å². The highest BCUT2D eigenvalue weighted by Gasteiger charge is 2.26. The average molecular weight is 570 g/mol. The molecular formula is C41H31NO2. The Labute approximate surface area is 257 Å². The first-order valence-corrected chi connectivity index (χ1v) is 14.5.